The van der Waals surface area contributed by atoms with Gasteiger partial charge in [-0.05, 0) is 96.5 Å². The van der Waals surface area contributed by atoms with Crippen LogP contribution in [-0.2, 0) is 14.3 Å². The number of rotatable bonds is 9. The number of carbonyl (C=O) groups excluding carboxylic acids is 2. The summed E-state index contributed by atoms with van der Waals surface area (Å²) in [7, 11) is 0. The van der Waals surface area contributed by atoms with Crippen molar-refractivity contribution in [2.24, 2.45) is 4.99 Å². The lowest BCUT2D eigenvalue weighted by Gasteiger charge is -2.26. The van der Waals surface area contributed by atoms with Gasteiger partial charge in [-0.2, -0.15) is 0 Å². The van der Waals surface area contributed by atoms with Crippen molar-refractivity contribution in [1.29, 1.82) is 0 Å². The van der Waals surface area contributed by atoms with Crippen molar-refractivity contribution in [2.45, 2.75) is 60.6 Å². The lowest BCUT2D eigenvalue weighted by atomic mass is 9.95. The van der Waals surface area contributed by atoms with E-state index in [2.05, 4.69) is 4.57 Å². The molecule has 0 bridgehead atoms. The van der Waals surface area contributed by atoms with Crippen LogP contribution < -0.4 is 19.6 Å². The van der Waals surface area contributed by atoms with Crippen molar-refractivity contribution >= 4 is 29.4 Å². The second-order valence-electron chi connectivity index (χ2n) is 10.9. The highest BCUT2D eigenvalue weighted by Crippen LogP contribution is 2.36. The molecule has 45 heavy (non-hydrogen) atoms. The first-order valence-corrected chi connectivity index (χ1v) is 15.8. The van der Waals surface area contributed by atoms with E-state index in [1.165, 1.54) is 11.3 Å². The number of aryl methyl sites for hydroxylation is 1. The van der Waals surface area contributed by atoms with Gasteiger partial charge in [-0.25, -0.2) is 14.6 Å². The summed E-state index contributed by atoms with van der Waals surface area (Å²) in [4.78, 5) is 44.9. The van der Waals surface area contributed by atoms with Gasteiger partial charge in [0.25, 0.3) is 5.56 Å². The molecule has 1 aliphatic heterocycles. The number of carbonyl (C=O) groups is 2. The van der Waals surface area contributed by atoms with Crippen molar-refractivity contribution in [2.75, 3.05) is 13.2 Å². The molecule has 0 saturated heterocycles. The fraction of sp³-hybridized carbons (Fsp3) is 0.314. The molecule has 3 heterocycles. The maximum Gasteiger partial charge on any atom is 0.338 e. The molecule has 0 spiro atoms. The van der Waals surface area contributed by atoms with Crippen molar-refractivity contribution < 1.29 is 23.8 Å². The lowest BCUT2D eigenvalue weighted by molar-refractivity contribution is -0.139. The Balaban J connectivity index is 1.64. The minimum Gasteiger partial charge on any atom is -0.491 e. The number of allylic oxidation sites excluding steroid dienone is 1. The van der Waals surface area contributed by atoms with E-state index in [4.69, 9.17) is 19.2 Å². The Morgan fingerprint density at radius 3 is 2.31 bits per heavy atom. The predicted molar refractivity (Wildman–Crippen MR) is 174 cm³/mol. The summed E-state index contributed by atoms with van der Waals surface area (Å²) in [6.07, 6.45) is 1.75. The Kier molecular flexibility index (Phi) is 9.24. The molecule has 0 saturated carbocycles. The van der Waals surface area contributed by atoms with Gasteiger partial charge in [0.1, 0.15) is 11.8 Å². The molecule has 0 radical (unpaired) electrons. The summed E-state index contributed by atoms with van der Waals surface area (Å²) in [5.74, 6) is -0.296. The number of fused-ring (bicyclic) bond motifs is 1. The Morgan fingerprint density at radius 1 is 0.978 bits per heavy atom. The highest BCUT2D eigenvalue weighted by Gasteiger charge is 2.35. The standard InChI is InChI=1S/C35H37N3O6S/c1-8-42-33(40)24-14-16-26(17-15-24)37-21(5)18-25(23(37)7)19-29-32(39)38-31(27-12-10-11-13-28(27)44-20(3)4)30(34(41)43-9-2)22(6)36-35(38)45-29/h10-20,31H,8-9H2,1-7H3/b29-19+/t31-/m0/s1. The highest BCUT2D eigenvalue weighted by molar-refractivity contribution is 7.07. The number of ether oxygens (including phenoxy) is 3. The van der Waals surface area contributed by atoms with E-state index in [9.17, 15) is 14.4 Å². The Bertz CT molecular complexity index is 1980. The third-order valence-corrected chi connectivity index (χ3v) is 8.47. The monoisotopic (exact) mass is 627 g/mol. The first-order valence-electron chi connectivity index (χ1n) is 15.0. The van der Waals surface area contributed by atoms with Crippen LogP contribution in [0.1, 0.15) is 73.5 Å². The van der Waals surface area contributed by atoms with E-state index in [0.29, 0.717) is 44.1 Å². The number of thiazole rings is 1. The lowest BCUT2D eigenvalue weighted by Crippen LogP contribution is -2.40. The van der Waals surface area contributed by atoms with Crippen LogP contribution >= 0.6 is 11.3 Å². The maximum absolute atomic E-state index is 14.2. The molecule has 2 aromatic carbocycles. The van der Waals surface area contributed by atoms with Crippen LogP contribution in [0.3, 0.4) is 0 Å². The van der Waals surface area contributed by atoms with E-state index in [1.54, 1.807) is 37.5 Å². The van der Waals surface area contributed by atoms with E-state index in [-0.39, 0.29) is 24.2 Å². The molecular formula is C35H37N3O6S. The molecule has 9 nitrogen and oxygen atoms in total. The van der Waals surface area contributed by atoms with Gasteiger partial charge in [0.2, 0.25) is 0 Å². The zero-order valence-electron chi connectivity index (χ0n) is 26.5. The van der Waals surface area contributed by atoms with E-state index < -0.39 is 12.0 Å². The largest absolute Gasteiger partial charge is 0.491 e. The second-order valence-corrected chi connectivity index (χ2v) is 11.9. The van der Waals surface area contributed by atoms with Gasteiger partial charge in [-0.3, -0.25) is 9.36 Å². The average Bonchev–Trinajstić information content (AvgIpc) is 3.46. The quantitative estimate of drug-likeness (QED) is 0.238. The van der Waals surface area contributed by atoms with Crippen LogP contribution in [0.15, 0.2) is 75.7 Å². The molecule has 0 N–H and O–H groups in total. The Hall–Kier alpha value is -4.70. The number of hydrogen-bond acceptors (Lipinski definition) is 8. The highest BCUT2D eigenvalue weighted by atomic mass is 32.1. The van der Waals surface area contributed by atoms with E-state index in [0.717, 1.165) is 22.6 Å². The summed E-state index contributed by atoms with van der Waals surface area (Å²) in [6.45, 7) is 13.6. The number of benzene rings is 2. The van der Waals surface area contributed by atoms with Gasteiger partial charge in [-0.1, -0.05) is 29.5 Å². The van der Waals surface area contributed by atoms with Crippen LogP contribution in [0.4, 0.5) is 0 Å². The minimum absolute atomic E-state index is 0.116. The number of nitrogens with zero attached hydrogens (tertiary/aromatic N) is 3. The molecule has 234 valence electrons. The number of aromatic nitrogens is 2. The van der Waals surface area contributed by atoms with Crippen molar-refractivity contribution in [3.05, 3.63) is 114 Å². The Morgan fingerprint density at radius 2 is 1.64 bits per heavy atom. The van der Waals surface area contributed by atoms with Crippen LogP contribution in [0.25, 0.3) is 11.8 Å². The zero-order chi connectivity index (χ0) is 32.4. The first-order chi connectivity index (χ1) is 21.5. The summed E-state index contributed by atoms with van der Waals surface area (Å²) in [6, 6.07) is 15.9. The van der Waals surface area contributed by atoms with Crippen molar-refractivity contribution in [3.8, 4) is 11.4 Å². The summed E-state index contributed by atoms with van der Waals surface area (Å²) in [5.41, 5.74) is 5.35. The van der Waals surface area contributed by atoms with E-state index >= 15 is 0 Å². The molecular weight excluding hydrogens is 590 g/mol. The van der Waals surface area contributed by atoms with Gasteiger partial charge < -0.3 is 18.8 Å². The molecule has 10 heteroatoms. The fourth-order valence-corrected chi connectivity index (χ4v) is 6.62. The smallest absolute Gasteiger partial charge is 0.338 e. The van der Waals surface area contributed by atoms with Gasteiger partial charge in [0, 0.05) is 22.6 Å². The minimum atomic E-state index is -0.775. The number of esters is 2. The SMILES string of the molecule is CCOC(=O)C1=C(C)N=c2s/c(=C/c3cc(C)n(-c4ccc(C(=O)OCC)cc4)c3C)c(=O)n2[C@H]1c1ccccc1OC(C)C. The number of hydrogen-bond donors (Lipinski definition) is 0. The molecule has 5 rings (SSSR count). The normalized spacial score (nSPS) is 14.8. The summed E-state index contributed by atoms with van der Waals surface area (Å²) in [5, 5.41) is 0. The molecule has 0 amide bonds. The molecule has 0 fully saturated rings. The number of para-hydroxylation sites is 1. The van der Waals surface area contributed by atoms with Crippen LogP contribution in [-0.4, -0.2) is 40.4 Å². The van der Waals surface area contributed by atoms with Gasteiger partial charge in [0.05, 0.1) is 40.7 Å². The molecule has 2 aromatic heterocycles. The van der Waals surface area contributed by atoms with Crippen molar-refractivity contribution in [3.63, 3.8) is 0 Å². The molecule has 0 aliphatic carbocycles. The Labute approximate surface area is 265 Å². The third-order valence-electron chi connectivity index (χ3n) is 7.49. The average molecular weight is 628 g/mol. The topological polar surface area (TPSA) is 101 Å². The zero-order valence-corrected chi connectivity index (χ0v) is 27.4. The molecule has 4 aromatic rings. The third kappa shape index (κ3) is 6.15. The summed E-state index contributed by atoms with van der Waals surface area (Å²) >= 11 is 1.28. The second kappa shape index (κ2) is 13.1. The van der Waals surface area contributed by atoms with Crippen LogP contribution in [0.2, 0.25) is 0 Å². The van der Waals surface area contributed by atoms with Gasteiger partial charge in [-0.15, -0.1) is 0 Å². The van der Waals surface area contributed by atoms with Crippen molar-refractivity contribution in [1.82, 2.24) is 9.13 Å². The first kappa shape index (κ1) is 31.7. The van der Waals surface area contributed by atoms with Crippen LogP contribution in [0.5, 0.6) is 5.75 Å². The summed E-state index contributed by atoms with van der Waals surface area (Å²) < 4.78 is 20.8. The molecule has 1 atom stereocenters. The molecule has 1 aliphatic rings. The fourth-order valence-electron chi connectivity index (χ4n) is 5.59. The maximum atomic E-state index is 14.2. The van der Waals surface area contributed by atoms with Gasteiger partial charge >= 0.3 is 11.9 Å². The van der Waals surface area contributed by atoms with Crippen LogP contribution in [0, 0.1) is 13.8 Å². The van der Waals surface area contributed by atoms with E-state index in [1.807, 2.05) is 76.2 Å². The predicted octanol–water partition coefficient (Wildman–Crippen LogP) is 5.17. The van der Waals surface area contributed by atoms with Gasteiger partial charge in [0.15, 0.2) is 4.80 Å². The molecule has 0 unspecified atom stereocenters.